The zero-order chi connectivity index (χ0) is 18.9. The number of hydrogen-bond donors (Lipinski definition) is 0. The Morgan fingerprint density at radius 1 is 1.07 bits per heavy atom. The molecule has 0 unspecified atom stereocenters. The lowest BCUT2D eigenvalue weighted by molar-refractivity contribution is -0.384. The van der Waals surface area contributed by atoms with E-state index in [-0.39, 0.29) is 29.5 Å². The molecule has 0 spiro atoms. The lowest BCUT2D eigenvalue weighted by atomic mass is 9.81. The topological polar surface area (TPSA) is 87.9 Å². The van der Waals surface area contributed by atoms with Gasteiger partial charge in [-0.25, -0.2) is 4.79 Å². The van der Waals surface area contributed by atoms with Crippen molar-refractivity contribution < 1.29 is 23.9 Å². The number of non-ortho nitro benzene ring substituents is 1. The van der Waals surface area contributed by atoms with Crippen molar-refractivity contribution in [2.24, 2.45) is 35.5 Å². The van der Waals surface area contributed by atoms with E-state index in [0.717, 1.165) is 6.42 Å². The van der Waals surface area contributed by atoms with E-state index >= 15 is 0 Å². The monoisotopic (exact) mass is 371 g/mol. The molecule has 27 heavy (non-hydrogen) atoms. The van der Waals surface area contributed by atoms with Gasteiger partial charge in [-0.15, -0.1) is 0 Å². The van der Waals surface area contributed by atoms with Crippen LogP contribution in [-0.4, -0.2) is 37.0 Å². The van der Waals surface area contributed by atoms with Crippen LogP contribution in [0.2, 0.25) is 0 Å². The first-order valence-electron chi connectivity index (χ1n) is 9.26. The number of fused-ring (bicyclic) bond motifs is 7. The fourth-order valence-corrected chi connectivity index (χ4v) is 6.02. The van der Waals surface area contributed by atoms with E-state index in [4.69, 9.17) is 14.2 Å². The lowest BCUT2D eigenvalue weighted by Crippen LogP contribution is -2.42. The van der Waals surface area contributed by atoms with Crippen LogP contribution in [0.4, 0.5) is 5.69 Å². The number of esters is 1. The molecule has 1 aromatic rings. The zero-order valence-corrected chi connectivity index (χ0v) is 15.1. The number of methoxy groups -OCH3 is 2. The zero-order valence-electron chi connectivity index (χ0n) is 15.1. The van der Waals surface area contributed by atoms with Crippen molar-refractivity contribution in [1.82, 2.24) is 0 Å². The average molecular weight is 371 g/mol. The lowest BCUT2D eigenvalue weighted by Gasteiger charge is -2.34. The molecular weight excluding hydrogens is 350 g/mol. The third-order valence-corrected chi connectivity index (χ3v) is 7.11. The van der Waals surface area contributed by atoms with Gasteiger partial charge in [-0.1, -0.05) is 12.2 Å². The van der Waals surface area contributed by atoms with Crippen LogP contribution in [0.15, 0.2) is 36.4 Å². The summed E-state index contributed by atoms with van der Waals surface area (Å²) in [5.41, 5.74) is 0.294. The van der Waals surface area contributed by atoms with Crippen molar-refractivity contribution in [2.45, 2.75) is 18.3 Å². The van der Waals surface area contributed by atoms with Crippen LogP contribution in [0.25, 0.3) is 0 Å². The summed E-state index contributed by atoms with van der Waals surface area (Å²) in [5, 5.41) is 10.8. The van der Waals surface area contributed by atoms with E-state index in [0.29, 0.717) is 23.3 Å². The molecule has 142 valence electrons. The maximum atomic E-state index is 12.7. The van der Waals surface area contributed by atoms with E-state index in [1.54, 1.807) is 14.2 Å². The first-order valence-corrected chi connectivity index (χ1v) is 9.26. The Morgan fingerprint density at radius 3 is 2.30 bits per heavy atom. The Bertz CT molecular complexity index is 829. The largest absolute Gasteiger partial charge is 0.458 e. The highest BCUT2D eigenvalue weighted by atomic mass is 16.7. The average Bonchev–Trinajstić information content (AvgIpc) is 3.20. The van der Waals surface area contributed by atoms with Crippen molar-refractivity contribution in [3.8, 4) is 0 Å². The number of nitro benzene ring substituents is 1. The van der Waals surface area contributed by atoms with Crippen molar-refractivity contribution in [3.05, 3.63) is 52.1 Å². The second-order valence-electron chi connectivity index (χ2n) is 7.96. The molecule has 7 heteroatoms. The van der Waals surface area contributed by atoms with Gasteiger partial charge in [-0.05, 0) is 36.3 Å². The van der Waals surface area contributed by atoms with Crippen molar-refractivity contribution in [2.75, 3.05) is 14.2 Å². The standard InChI is InChI=1S/C20H21NO6/c1-25-20(26-2)14-7-8-15(20)17-16(14)12-9-13(12)18(17)27-19(22)10-3-5-11(6-4-10)21(23)24/h3-8,12-18H,9H2,1-2H3/t12-,13+,14+,15-,16-,17+,18+/m0/s1. The summed E-state index contributed by atoms with van der Waals surface area (Å²) in [7, 11) is 3.36. The van der Waals surface area contributed by atoms with Crippen LogP contribution >= 0.6 is 0 Å². The van der Waals surface area contributed by atoms with Crippen LogP contribution in [0, 0.1) is 45.6 Å². The van der Waals surface area contributed by atoms with Crippen LogP contribution < -0.4 is 0 Å². The minimum absolute atomic E-state index is 0.0436. The quantitative estimate of drug-likeness (QED) is 0.260. The van der Waals surface area contributed by atoms with Gasteiger partial charge in [0.2, 0.25) is 0 Å². The Balaban J connectivity index is 1.38. The molecular formula is C20H21NO6. The second kappa shape index (κ2) is 5.62. The molecule has 3 fully saturated rings. The van der Waals surface area contributed by atoms with Gasteiger partial charge >= 0.3 is 5.97 Å². The minimum Gasteiger partial charge on any atom is -0.458 e. The summed E-state index contributed by atoms with van der Waals surface area (Å²) in [4.78, 5) is 23.0. The van der Waals surface area contributed by atoms with E-state index < -0.39 is 16.7 Å². The van der Waals surface area contributed by atoms with Crippen molar-refractivity contribution in [1.29, 1.82) is 0 Å². The summed E-state index contributed by atoms with van der Waals surface area (Å²) < 4.78 is 17.6. The normalized spacial score (nSPS) is 39.1. The highest BCUT2D eigenvalue weighted by molar-refractivity contribution is 5.89. The molecule has 4 aliphatic carbocycles. The van der Waals surface area contributed by atoms with E-state index in [9.17, 15) is 14.9 Å². The molecule has 3 saturated carbocycles. The van der Waals surface area contributed by atoms with Gasteiger partial charge in [0.25, 0.3) is 5.69 Å². The molecule has 0 heterocycles. The van der Waals surface area contributed by atoms with E-state index in [1.807, 2.05) is 0 Å². The summed E-state index contributed by atoms with van der Waals surface area (Å²) in [6, 6.07) is 5.56. The predicted molar refractivity (Wildman–Crippen MR) is 93.7 cm³/mol. The molecule has 4 aliphatic rings. The maximum absolute atomic E-state index is 12.7. The number of nitro groups is 1. The number of carbonyl (C=O) groups is 1. The third kappa shape index (κ3) is 2.12. The number of nitrogens with zero attached hydrogens (tertiary/aromatic N) is 1. The SMILES string of the molecule is COC1(OC)[C@@H]2C=C[C@H]1[C@H]1[C@H](OC(=O)c3ccc([N+](=O)[O-])cc3)[C@@H]3C[C@@H]3[C@H]12. The minimum atomic E-state index is -0.652. The summed E-state index contributed by atoms with van der Waals surface area (Å²) in [6.45, 7) is 0. The highest BCUT2D eigenvalue weighted by Crippen LogP contribution is 2.72. The molecule has 0 N–H and O–H groups in total. The molecule has 0 aliphatic heterocycles. The Morgan fingerprint density at radius 2 is 1.70 bits per heavy atom. The van der Waals surface area contributed by atoms with Crippen molar-refractivity contribution in [3.63, 3.8) is 0 Å². The maximum Gasteiger partial charge on any atom is 0.338 e. The predicted octanol–water partition coefficient (Wildman–Crippen LogP) is 2.81. The molecule has 0 radical (unpaired) electrons. The third-order valence-electron chi connectivity index (χ3n) is 7.11. The van der Waals surface area contributed by atoms with Gasteiger partial charge in [0.15, 0.2) is 5.79 Å². The van der Waals surface area contributed by atoms with Gasteiger partial charge in [-0.3, -0.25) is 10.1 Å². The first-order chi connectivity index (χ1) is 13.0. The summed E-state index contributed by atoms with van der Waals surface area (Å²) in [6.07, 6.45) is 5.26. The van der Waals surface area contributed by atoms with Gasteiger partial charge < -0.3 is 14.2 Å². The van der Waals surface area contributed by atoms with E-state index in [1.165, 1.54) is 24.3 Å². The van der Waals surface area contributed by atoms with Gasteiger partial charge in [0.1, 0.15) is 6.10 Å². The van der Waals surface area contributed by atoms with Crippen LogP contribution in [0.5, 0.6) is 0 Å². The number of hydrogen-bond acceptors (Lipinski definition) is 6. The smallest absolute Gasteiger partial charge is 0.338 e. The number of rotatable bonds is 5. The molecule has 2 bridgehead atoms. The Hall–Kier alpha value is -2.25. The van der Waals surface area contributed by atoms with Gasteiger partial charge in [-0.2, -0.15) is 0 Å². The summed E-state index contributed by atoms with van der Waals surface area (Å²) in [5.74, 6) is 0.762. The second-order valence-corrected chi connectivity index (χ2v) is 7.96. The van der Waals surface area contributed by atoms with Crippen LogP contribution in [0.1, 0.15) is 16.8 Å². The highest BCUT2D eigenvalue weighted by Gasteiger charge is 2.75. The molecule has 0 saturated heterocycles. The number of carbonyl (C=O) groups excluding carboxylic acids is 1. The Kier molecular flexibility index (Phi) is 3.52. The van der Waals surface area contributed by atoms with Gasteiger partial charge in [0.05, 0.1) is 10.5 Å². The number of benzene rings is 1. The van der Waals surface area contributed by atoms with Crippen molar-refractivity contribution >= 4 is 11.7 Å². The molecule has 0 aromatic heterocycles. The fraction of sp³-hybridized carbons (Fsp3) is 0.550. The van der Waals surface area contributed by atoms with E-state index in [2.05, 4.69) is 12.2 Å². The summed E-state index contributed by atoms with van der Waals surface area (Å²) >= 11 is 0. The molecule has 5 rings (SSSR count). The molecule has 7 nitrogen and oxygen atoms in total. The molecule has 1 aromatic carbocycles. The molecule has 7 atom stereocenters. The van der Waals surface area contributed by atoms with Crippen LogP contribution in [0.3, 0.4) is 0 Å². The van der Waals surface area contributed by atoms with Gasteiger partial charge in [0, 0.05) is 44.1 Å². The Labute approximate surface area is 156 Å². The molecule has 0 amide bonds. The fourth-order valence-electron chi connectivity index (χ4n) is 6.02. The number of ether oxygens (including phenoxy) is 3. The first kappa shape index (κ1) is 16.9. The van der Waals surface area contributed by atoms with Crippen LogP contribution in [-0.2, 0) is 14.2 Å².